The van der Waals surface area contributed by atoms with Gasteiger partial charge in [0.15, 0.2) is 11.5 Å². The van der Waals surface area contributed by atoms with Crippen molar-refractivity contribution < 1.29 is 4.79 Å². The van der Waals surface area contributed by atoms with Gasteiger partial charge >= 0.3 is 0 Å². The van der Waals surface area contributed by atoms with Crippen LogP contribution in [0.3, 0.4) is 0 Å². The van der Waals surface area contributed by atoms with E-state index in [0.29, 0.717) is 24.4 Å². The maximum atomic E-state index is 12.7. The van der Waals surface area contributed by atoms with Crippen LogP contribution in [0, 0.1) is 0 Å². The largest absolute Gasteiger partial charge is 0.349 e. The van der Waals surface area contributed by atoms with Crippen molar-refractivity contribution >= 4 is 34.1 Å². The average molecular weight is 409 g/mol. The topological polar surface area (TPSA) is 97.1 Å². The minimum atomic E-state index is -0.326. The van der Waals surface area contributed by atoms with Crippen molar-refractivity contribution in [2.75, 3.05) is 11.9 Å². The molecule has 2 aromatic carbocycles. The van der Waals surface area contributed by atoms with Gasteiger partial charge in [-0.25, -0.2) is 9.50 Å². The number of aromatic nitrogens is 5. The van der Waals surface area contributed by atoms with Gasteiger partial charge in [0.25, 0.3) is 5.91 Å². The van der Waals surface area contributed by atoms with Crippen LogP contribution in [0.2, 0.25) is 0 Å². The highest BCUT2D eigenvalue weighted by atomic mass is 16.2. The molecule has 0 aliphatic carbocycles. The summed E-state index contributed by atoms with van der Waals surface area (Å²) in [6, 6.07) is 21.2. The number of carbonyl (C=O) groups excluding carboxylic acids is 1. The van der Waals surface area contributed by atoms with E-state index in [-0.39, 0.29) is 11.7 Å². The van der Waals surface area contributed by atoms with E-state index in [0.717, 1.165) is 22.3 Å². The van der Waals surface area contributed by atoms with Crippen molar-refractivity contribution in [2.24, 2.45) is 0 Å². The third kappa shape index (κ3) is 3.91. The molecule has 3 aromatic heterocycles. The third-order valence-electron chi connectivity index (χ3n) is 4.85. The predicted octanol–water partition coefficient (Wildman–Crippen LogP) is 3.39. The Bertz CT molecular complexity index is 1350. The fourth-order valence-corrected chi connectivity index (χ4v) is 3.33. The Morgan fingerprint density at radius 3 is 2.52 bits per heavy atom. The second-order valence-electron chi connectivity index (χ2n) is 6.97. The molecule has 0 aliphatic rings. The van der Waals surface area contributed by atoms with E-state index in [4.69, 9.17) is 4.98 Å². The van der Waals surface area contributed by atoms with Crippen LogP contribution < -0.4 is 10.6 Å². The molecule has 31 heavy (non-hydrogen) atoms. The van der Waals surface area contributed by atoms with E-state index >= 15 is 0 Å². The Hall–Kier alpha value is -4.33. The maximum Gasteiger partial charge on any atom is 0.291 e. The number of hydrogen-bond acceptors (Lipinski definition) is 6. The lowest BCUT2D eigenvalue weighted by atomic mass is 10.2. The molecule has 0 saturated heterocycles. The van der Waals surface area contributed by atoms with E-state index in [1.807, 2.05) is 66.7 Å². The normalized spacial score (nSPS) is 11.0. The summed E-state index contributed by atoms with van der Waals surface area (Å²) in [6.07, 6.45) is 4.17. The molecule has 0 unspecified atom stereocenters. The Morgan fingerprint density at radius 2 is 1.68 bits per heavy atom. The first-order valence-corrected chi connectivity index (χ1v) is 9.92. The predicted molar refractivity (Wildman–Crippen MR) is 118 cm³/mol. The molecule has 152 valence electrons. The van der Waals surface area contributed by atoms with Crippen LogP contribution in [0.25, 0.3) is 16.7 Å². The quantitative estimate of drug-likeness (QED) is 0.446. The van der Waals surface area contributed by atoms with Crippen molar-refractivity contribution in [3.05, 3.63) is 90.5 Å². The number of hydrogen-bond donors (Lipinski definition) is 2. The minimum absolute atomic E-state index is 0.101. The first-order chi connectivity index (χ1) is 15.3. The molecule has 3 heterocycles. The highest BCUT2D eigenvalue weighted by Crippen LogP contribution is 2.23. The second kappa shape index (κ2) is 8.19. The summed E-state index contributed by atoms with van der Waals surface area (Å²) in [6.45, 7) is 0.479. The highest BCUT2D eigenvalue weighted by Gasteiger charge is 2.18. The van der Waals surface area contributed by atoms with Crippen LogP contribution in [0.15, 0.2) is 79.1 Å². The number of pyridine rings is 1. The number of amides is 1. The van der Waals surface area contributed by atoms with Gasteiger partial charge in [-0.2, -0.15) is 4.98 Å². The Labute approximate surface area is 178 Å². The monoisotopic (exact) mass is 409 g/mol. The molecular weight excluding hydrogens is 390 g/mol. The number of rotatable bonds is 6. The van der Waals surface area contributed by atoms with E-state index in [2.05, 4.69) is 25.7 Å². The summed E-state index contributed by atoms with van der Waals surface area (Å²) in [5.74, 6) is 0.310. The zero-order valence-electron chi connectivity index (χ0n) is 16.6. The van der Waals surface area contributed by atoms with Crippen molar-refractivity contribution in [1.82, 2.24) is 29.9 Å². The molecule has 0 fully saturated rings. The molecule has 8 nitrogen and oxygen atoms in total. The zero-order chi connectivity index (χ0) is 21.0. The van der Waals surface area contributed by atoms with Gasteiger partial charge in [-0.3, -0.25) is 9.78 Å². The molecular formula is C23H19N7O. The molecule has 8 heteroatoms. The van der Waals surface area contributed by atoms with Crippen LogP contribution in [0.4, 0.5) is 11.5 Å². The summed E-state index contributed by atoms with van der Waals surface area (Å²) in [4.78, 5) is 25.9. The smallest absolute Gasteiger partial charge is 0.291 e. The zero-order valence-corrected chi connectivity index (χ0v) is 16.6. The standard InChI is InChI=1S/C23H19N7O/c31-23(25-15-12-16-10-13-24-14-11-16)21-28-22-20(26-17-6-2-1-3-7-17)27-18-8-4-5-9-19(18)30(22)29-21/h1-11,13-14H,12,15H2,(H,25,31)(H,26,27). The number of nitrogens with one attached hydrogen (secondary N) is 2. The molecule has 0 bridgehead atoms. The first-order valence-electron chi connectivity index (χ1n) is 9.92. The van der Waals surface area contributed by atoms with Gasteiger partial charge in [-0.05, 0) is 48.4 Å². The van der Waals surface area contributed by atoms with Gasteiger partial charge in [-0.15, -0.1) is 5.10 Å². The number of para-hydroxylation sites is 3. The lowest BCUT2D eigenvalue weighted by Gasteiger charge is -2.08. The number of fused-ring (bicyclic) bond motifs is 3. The van der Waals surface area contributed by atoms with Gasteiger partial charge in [0.1, 0.15) is 0 Å². The Balaban J connectivity index is 1.46. The molecule has 5 rings (SSSR count). The molecule has 0 saturated carbocycles. The molecule has 5 aromatic rings. The van der Waals surface area contributed by atoms with Gasteiger partial charge in [0.05, 0.1) is 11.0 Å². The summed E-state index contributed by atoms with van der Waals surface area (Å²) in [7, 11) is 0. The highest BCUT2D eigenvalue weighted by molar-refractivity contribution is 5.92. The minimum Gasteiger partial charge on any atom is -0.349 e. The second-order valence-corrected chi connectivity index (χ2v) is 6.97. The van der Waals surface area contributed by atoms with Gasteiger partial charge < -0.3 is 10.6 Å². The fraction of sp³-hybridized carbons (Fsp3) is 0.0870. The van der Waals surface area contributed by atoms with Gasteiger partial charge in [-0.1, -0.05) is 30.3 Å². The number of anilines is 2. The molecule has 0 spiro atoms. The van der Waals surface area contributed by atoms with Crippen molar-refractivity contribution in [3.8, 4) is 0 Å². The van der Waals surface area contributed by atoms with Crippen LogP contribution in [0.5, 0.6) is 0 Å². The molecule has 0 radical (unpaired) electrons. The van der Waals surface area contributed by atoms with E-state index in [1.165, 1.54) is 0 Å². The maximum absolute atomic E-state index is 12.7. The number of benzene rings is 2. The first kappa shape index (κ1) is 18.7. The lowest BCUT2D eigenvalue weighted by Crippen LogP contribution is -2.26. The summed E-state index contributed by atoms with van der Waals surface area (Å²) >= 11 is 0. The SMILES string of the molecule is O=C(NCCc1ccncc1)c1nc2c(Nc3ccccc3)nc3ccccc3n2n1. The average Bonchev–Trinajstić information content (AvgIpc) is 3.27. The van der Waals surface area contributed by atoms with Crippen LogP contribution in [0.1, 0.15) is 16.2 Å². The van der Waals surface area contributed by atoms with Crippen LogP contribution >= 0.6 is 0 Å². The van der Waals surface area contributed by atoms with Crippen molar-refractivity contribution in [3.63, 3.8) is 0 Å². The van der Waals surface area contributed by atoms with Crippen LogP contribution in [-0.2, 0) is 6.42 Å². The number of carbonyl (C=O) groups is 1. The molecule has 2 N–H and O–H groups in total. The van der Waals surface area contributed by atoms with E-state index in [1.54, 1.807) is 16.9 Å². The number of nitrogens with zero attached hydrogens (tertiary/aromatic N) is 5. The molecule has 0 atom stereocenters. The lowest BCUT2D eigenvalue weighted by molar-refractivity contribution is 0.0944. The van der Waals surface area contributed by atoms with Crippen molar-refractivity contribution in [1.29, 1.82) is 0 Å². The summed E-state index contributed by atoms with van der Waals surface area (Å²) in [5, 5.41) is 10.6. The van der Waals surface area contributed by atoms with E-state index < -0.39 is 0 Å². The van der Waals surface area contributed by atoms with Crippen LogP contribution in [-0.4, -0.2) is 37.0 Å². The van der Waals surface area contributed by atoms with E-state index in [9.17, 15) is 4.79 Å². The van der Waals surface area contributed by atoms with Crippen molar-refractivity contribution in [2.45, 2.75) is 6.42 Å². The summed E-state index contributed by atoms with van der Waals surface area (Å²) in [5.41, 5.74) is 3.99. The fourth-order valence-electron chi connectivity index (χ4n) is 3.33. The Morgan fingerprint density at radius 1 is 0.903 bits per heavy atom. The van der Waals surface area contributed by atoms with Gasteiger partial charge in [0, 0.05) is 24.6 Å². The third-order valence-corrected chi connectivity index (χ3v) is 4.85. The Kier molecular flexibility index (Phi) is 4.94. The summed E-state index contributed by atoms with van der Waals surface area (Å²) < 4.78 is 1.66. The molecule has 1 amide bonds. The molecule has 0 aliphatic heterocycles. The van der Waals surface area contributed by atoms with Gasteiger partial charge in [0.2, 0.25) is 5.82 Å².